The van der Waals surface area contributed by atoms with Gasteiger partial charge in [0.15, 0.2) is 12.4 Å². The number of carbonyl (C=O) groups is 3. The number of esters is 1. The lowest BCUT2D eigenvalue weighted by molar-refractivity contribution is -0.318. The molecule has 1 N–H and O–H groups in total. The molecular formula is C43H43ClN4O11S. The number of nitrogens with zero attached hydrogens (tertiary/aromatic N) is 4. The second-order valence-electron chi connectivity index (χ2n) is 14.2. The van der Waals surface area contributed by atoms with Gasteiger partial charge in [0.2, 0.25) is 0 Å². The Morgan fingerprint density at radius 3 is 2.03 bits per heavy atom. The Morgan fingerprint density at radius 2 is 1.45 bits per heavy atom. The first-order valence-corrected chi connectivity index (χ1v) is 20.4. The molecule has 2 fully saturated rings. The maximum absolute atomic E-state index is 14.3. The molecule has 2 amide bonds. The number of hydrogen-bond donors (Lipinski definition) is 1. The maximum atomic E-state index is 14.3. The molecule has 60 heavy (non-hydrogen) atoms. The Balaban J connectivity index is 1.28. The number of fused-ring (bicyclic) bond motifs is 1. The molecule has 0 radical (unpaired) electrons. The highest BCUT2D eigenvalue weighted by atomic mass is 35.5. The molecule has 17 heteroatoms. The molecule has 0 aromatic heterocycles. The van der Waals surface area contributed by atoms with Crippen LogP contribution in [-0.2, 0) is 51.2 Å². The Kier molecular flexibility index (Phi) is 14.5. The Hall–Kier alpha value is -4.84. The molecule has 0 saturated carbocycles. The van der Waals surface area contributed by atoms with Gasteiger partial charge < -0.3 is 38.3 Å². The minimum Gasteiger partial charge on any atom is -0.457 e. The van der Waals surface area contributed by atoms with E-state index in [1.807, 2.05) is 60.7 Å². The third-order valence-corrected chi connectivity index (χ3v) is 11.7. The lowest BCUT2D eigenvalue weighted by Crippen LogP contribution is -2.68. The molecule has 3 aliphatic heterocycles. The fourth-order valence-electron chi connectivity index (χ4n) is 7.61. The molecule has 0 unspecified atom stereocenters. The van der Waals surface area contributed by atoms with Gasteiger partial charge in [0.1, 0.15) is 41.9 Å². The standard InChI is InChI=1S/C43H43ClN4O11S/c1-25(50)56-39-35(48-40(51)30-15-9-10-16-31(30)41(48)52)43(60-29-19-17-28(44)18-20-29)58-33(24-54-22-26-11-5-3-6-12-26)37(39)59-42-34(46-47-45)38(53-2)36(32(21-49)57-42)55-23-27-13-7-4-8-14-27/h3-20,32-39,42-43,49H,21-24H2,1-2H3/t32-,33-,34-,35-,36-,37-,38-,39-,42-,43+/m1/s1. The zero-order valence-corrected chi connectivity index (χ0v) is 34.2. The van der Waals surface area contributed by atoms with Crippen LogP contribution in [0.15, 0.2) is 119 Å². The SMILES string of the molecule is CO[C@@H]1[C@@H](N=[N+]=[N-])[C@@H](O[C@H]2[C@H](OC(C)=O)[C@@H](N3C(=O)c4ccccc4C3=O)[C@H](Sc3ccc(Cl)cc3)O[C@@H]2COCc2ccccc2)O[C@H](CO)[C@H]1OCc1ccccc1. The summed E-state index contributed by atoms with van der Waals surface area (Å²) in [6.07, 6.45) is -8.29. The molecule has 4 aromatic rings. The number of aliphatic hydroxyl groups excluding tert-OH is 1. The molecule has 7 rings (SSSR count). The maximum Gasteiger partial charge on any atom is 0.303 e. The van der Waals surface area contributed by atoms with Crippen LogP contribution in [0.3, 0.4) is 0 Å². The molecule has 2 saturated heterocycles. The summed E-state index contributed by atoms with van der Waals surface area (Å²) in [5.74, 6) is -2.00. The second-order valence-corrected chi connectivity index (χ2v) is 15.8. The molecule has 314 valence electrons. The van der Waals surface area contributed by atoms with Crippen LogP contribution in [0.2, 0.25) is 5.02 Å². The molecule has 3 aliphatic rings. The average molecular weight is 859 g/mol. The molecule has 0 spiro atoms. The zero-order chi connectivity index (χ0) is 42.2. The molecule has 4 aromatic carbocycles. The van der Waals surface area contributed by atoms with Crippen molar-refractivity contribution < 1.29 is 52.6 Å². The van der Waals surface area contributed by atoms with Crippen LogP contribution in [0.1, 0.15) is 38.8 Å². The van der Waals surface area contributed by atoms with Crippen LogP contribution in [0.4, 0.5) is 0 Å². The summed E-state index contributed by atoms with van der Waals surface area (Å²) in [6, 6.07) is 29.5. The van der Waals surface area contributed by atoms with Gasteiger partial charge in [-0.2, -0.15) is 0 Å². The van der Waals surface area contributed by atoms with E-state index in [0.717, 1.165) is 16.0 Å². The quantitative estimate of drug-likeness (QED) is 0.0433. The normalized spacial score (nSPS) is 27.6. The molecule has 0 bridgehead atoms. The Morgan fingerprint density at radius 1 is 0.833 bits per heavy atom. The van der Waals surface area contributed by atoms with Gasteiger partial charge in [-0.3, -0.25) is 19.3 Å². The van der Waals surface area contributed by atoms with Crippen molar-refractivity contribution in [1.82, 2.24) is 4.90 Å². The Bertz CT molecular complexity index is 2110. The van der Waals surface area contributed by atoms with Gasteiger partial charge in [-0.15, -0.1) is 0 Å². The van der Waals surface area contributed by atoms with Crippen LogP contribution < -0.4 is 0 Å². The summed E-state index contributed by atoms with van der Waals surface area (Å²) in [6.45, 7) is 0.814. The van der Waals surface area contributed by atoms with Gasteiger partial charge in [-0.25, -0.2) is 0 Å². The van der Waals surface area contributed by atoms with Crippen molar-refractivity contribution in [3.05, 3.63) is 147 Å². The summed E-state index contributed by atoms with van der Waals surface area (Å²) in [4.78, 5) is 46.5. The first-order chi connectivity index (χ1) is 29.2. The zero-order valence-electron chi connectivity index (χ0n) is 32.6. The number of methoxy groups -OCH3 is 1. The van der Waals surface area contributed by atoms with Crippen molar-refractivity contribution in [2.45, 2.75) is 85.5 Å². The number of benzene rings is 4. The van der Waals surface area contributed by atoms with Gasteiger partial charge >= 0.3 is 5.97 Å². The lowest BCUT2D eigenvalue weighted by Gasteiger charge is -2.50. The smallest absolute Gasteiger partial charge is 0.303 e. The molecule has 0 aliphatic carbocycles. The van der Waals surface area contributed by atoms with Gasteiger partial charge in [0.05, 0.1) is 43.7 Å². The topological polar surface area (TPSA) is 188 Å². The number of aliphatic hydroxyl groups is 1. The summed E-state index contributed by atoms with van der Waals surface area (Å²) < 4.78 is 44.4. The van der Waals surface area contributed by atoms with Crippen molar-refractivity contribution in [2.24, 2.45) is 5.11 Å². The van der Waals surface area contributed by atoms with Gasteiger partial charge in [0, 0.05) is 28.9 Å². The number of amides is 2. The van der Waals surface area contributed by atoms with E-state index in [1.165, 1.54) is 25.8 Å². The summed E-state index contributed by atoms with van der Waals surface area (Å²) >= 11 is 7.41. The van der Waals surface area contributed by atoms with E-state index in [0.29, 0.717) is 9.92 Å². The first kappa shape index (κ1) is 43.3. The van der Waals surface area contributed by atoms with Gasteiger partial charge in [-0.05, 0) is 53.1 Å². The number of azide groups is 1. The van der Waals surface area contributed by atoms with E-state index in [-0.39, 0.29) is 30.9 Å². The predicted molar refractivity (Wildman–Crippen MR) is 218 cm³/mol. The number of hydrogen-bond acceptors (Lipinski definition) is 13. The van der Waals surface area contributed by atoms with Crippen LogP contribution in [0.25, 0.3) is 10.4 Å². The summed E-state index contributed by atoms with van der Waals surface area (Å²) in [5, 5.41) is 15.2. The molecular weight excluding hydrogens is 816 g/mol. The highest BCUT2D eigenvalue weighted by Crippen LogP contribution is 2.42. The van der Waals surface area contributed by atoms with Crippen LogP contribution in [0, 0.1) is 0 Å². The van der Waals surface area contributed by atoms with E-state index in [9.17, 15) is 25.0 Å². The van der Waals surface area contributed by atoms with Crippen LogP contribution >= 0.6 is 23.4 Å². The van der Waals surface area contributed by atoms with Crippen molar-refractivity contribution in [3.63, 3.8) is 0 Å². The van der Waals surface area contributed by atoms with Gasteiger partial charge in [-0.1, -0.05) is 101 Å². The van der Waals surface area contributed by atoms with Crippen molar-refractivity contribution in [1.29, 1.82) is 0 Å². The highest BCUT2D eigenvalue weighted by Gasteiger charge is 2.58. The average Bonchev–Trinajstić information content (AvgIpc) is 3.51. The van der Waals surface area contributed by atoms with Crippen molar-refractivity contribution in [2.75, 3.05) is 20.3 Å². The van der Waals surface area contributed by atoms with E-state index >= 15 is 0 Å². The number of halogens is 1. The number of ether oxygens (including phenoxy) is 7. The number of rotatable bonds is 16. The largest absolute Gasteiger partial charge is 0.457 e. The van der Waals surface area contributed by atoms with E-state index < -0.39 is 84.8 Å². The number of imide groups is 1. The lowest BCUT2D eigenvalue weighted by atomic mass is 9.94. The first-order valence-electron chi connectivity index (χ1n) is 19.2. The molecule has 15 nitrogen and oxygen atoms in total. The molecule has 3 heterocycles. The fraction of sp³-hybridized carbons (Fsp3) is 0.372. The number of thioether (sulfide) groups is 1. The van der Waals surface area contributed by atoms with Crippen LogP contribution in [-0.4, -0.2) is 109 Å². The number of carbonyl (C=O) groups excluding carboxylic acids is 3. The van der Waals surface area contributed by atoms with Crippen molar-refractivity contribution >= 4 is 41.1 Å². The summed E-state index contributed by atoms with van der Waals surface area (Å²) in [5.41, 5.74) is 10.8. The third kappa shape index (κ3) is 9.69. The minimum atomic E-state index is -1.47. The summed E-state index contributed by atoms with van der Waals surface area (Å²) in [7, 11) is 1.41. The van der Waals surface area contributed by atoms with E-state index in [1.54, 1.807) is 48.5 Å². The van der Waals surface area contributed by atoms with E-state index in [4.69, 9.17) is 44.8 Å². The Labute approximate surface area is 355 Å². The van der Waals surface area contributed by atoms with Crippen molar-refractivity contribution in [3.8, 4) is 0 Å². The minimum absolute atomic E-state index is 0.125. The van der Waals surface area contributed by atoms with E-state index in [2.05, 4.69) is 10.0 Å². The molecule has 10 atom stereocenters. The fourth-order valence-corrected chi connectivity index (χ4v) is 8.91. The predicted octanol–water partition coefficient (Wildman–Crippen LogP) is 6.35. The third-order valence-electron chi connectivity index (χ3n) is 10.3. The second kappa shape index (κ2) is 20.1. The monoisotopic (exact) mass is 858 g/mol. The highest BCUT2D eigenvalue weighted by molar-refractivity contribution is 7.99. The van der Waals surface area contributed by atoms with Gasteiger partial charge in [0.25, 0.3) is 11.8 Å². The van der Waals surface area contributed by atoms with Crippen LogP contribution in [0.5, 0.6) is 0 Å².